The first kappa shape index (κ1) is 13.9. The molecule has 2 aliphatic rings. The summed E-state index contributed by atoms with van der Waals surface area (Å²) in [6, 6.07) is 10.3. The van der Waals surface area contributed by atoms with Gasteiger partial charge >= 0.3 is 126 Å². The van der Waals surface area contributed by atoms with Crippen LogP contribution in [-0.4, -0.2) is 26.5 Å². The van der Waals surface area contributed by atoms with Crippen molar-refractivity contribution in [1.29, 1.82) is 0 Å². The monoisotopic (exact) mass is 336 g/mol. The molecule has 3 rings (SSSR count). The summed E-state index contributed by atoms with van der Waals surface area (Å²) < 4.78 is 7.04. The maximum absolute atomic E-state index is 12.4. The molecule has 0 aromatic heterocycles. The zero-order valence-corrected chi connectivity index (χ0v) is 13.8. The summed E-state index contributed by atoms with van der Waals surface area (Å²) in [5.41, 5.74) is -0.309. The van der Waals surface area contributed by atoms with Crippen molar-refractivity contribution in [2.24, 2.45) is 11.3 Å². The van der Waals surface area contributed by atoms with E-state index in [4.69, 9.17) is 4.74 Å². The Hall–Kier alpha value is -1.05. The molecule has 20 heavy (non-hydrogen) atoms. The van der Waals surface area contributed by atoms with E-state index in [1.807, 2.05) is 18.2 Å². The normalized spacial score (nSPS) is 34.6. The Bertz CT molecular complexity index is 549. The molecule has 0 saturated carbocycles. The molecule has 1 aromatic carbocycles. The number of allylic oxidation sites excluding steroid dienone is 1. The van der Waals surface area contributed by atoms with Gasteiger partial charge in [-0.25, -0.2) is 0 Å². The molecule has 0 bridgehead atoms. The third-order valence-corrected chi connectivity index (χ3v) is 7.06. The fraction of sp³-hybridized carbons (Fsp3) is 0.471. The number of hydrogen-bond donors (Lipinski definition) is 0. The Kier molecular flexibility index (Phi) is 3.30. The molecule has 1 aliphatic carbocycles. The van der Waals surface area contributed by atoms with Crippen LogP contribution in [-0.2, 0) is 9.53 Å². The van der Waals surface area contributed by atoms with Gasteiger partial charge in [-0.15, -0.1) is 0 Å². The van der Waals surface area contributed by atoms with E-state index in [0.29, 0.717) is 0 Å². The number of carbonyl (C=O) groups excluding carboxylic acids is 1. The summed E-state index contributed by atoms with van der Waals surface area (Å²) in [5.74, 6) is 0.258. The van der Waals surface area contributed by atoms with Crippen LogP contribution >= 0.6 is 0 Å². The molecule has 0 radical (unpaired) electrons. The molecule has 0 amide bonds. The average Bonchev–Trinajstić information content (AvgIpc) is 2.62. The SMILES string of the molecule is CC1(C)CC=C[C@@]2(C)OC(=O)C([Se]c3ccccc3)[C@@H]12. The van der Waals surface area contributed by atoms with Gasteiger partial charge in [0.05, 0.1) is 0 Å². The minimum atomic E-state index is -0.417. The summed E-state index contributed by atoms with van der Waals surface area (Å²) in [4.78, 5) is 12.4. The predicted molar refractivity (Wildman–Crippen MR) is 81.1 cm³/mol. The van der Waals surface area contributed by atoms with Crippen LogP contribution in [0.5, 0.6) is 0 Å². The molecule has 1 unspecified atom stereocenters. The van der Waals surface area contributed by atoms with Gasteiger partial charge in [0.1, 0.15) is 0 Å². The molecule has 1 aromatic rings. The number of benzene rings is 1. The van der Waals surface area contributed by atoms with Gasteiger partial charge in [-0.1, -0.05) is 0 Å². The van der Waals surface area contributed by atoms with Gasteiger partial charge in [0, 0.05) is 0 Å². The van der Waals surface area contributed by atoms with Crippen LogP contribution in [0.1, 0.15) is 27.2 Å². The van der Waals surface area contributed by atoms with Crippen molar-refractivity contribution in [2.75, 3.05) is 0 Å². The Morgan fingerprint density at radius 3 is 2.60 bits per heavy atom. The third kappa shape index (κ3) is 2.23. The van der Waals surface area contributed by atoms with E-state index in [-0.39, 0.29) is 37.1 Å². The van der Waals surface area contributed by atoms with Crippen LogP contribution in [0, 0.1) is 11.3 Å². The van der Waals surface area contributed by atoms with Crippen LogP contribution < -0.4 is 4.46 Å². The topological polar surface area (TPSA) is 26.3 Å². The first-order chi connectivity index (χ1) is 9.42. The van der Waals surface area contributed by atoms with Crippen LogP contribution in [0.25, 0.3) is 0 Å². The fourth-order valence-corrected chi connectivity index (χ4v) is 6.79. The van der Waals surface area contributed by atoms with Crippen molar-refractivity contribution in [3.63, 3.8) is 0 Å². The molecule has 106 valence electrons. The summed E-state index contributed by atoms with van der Waals surface area (Å²) >= 11 is 0.128. The fourth-order valence-electron chi connectivity index (χ4n) is 3.58. The van der Waals surface area contributed by atoms with Crippen molar-refractivity contribution in [2.45, 2.75) is 37.6 Å². The predicted octanol–water partition coefficient (Wildman–Crippen LogP) is 2.72. The standard InChI is InChI=1S/C17H20O2Se/c1-16(2)10-7-11-17(3)14(16)13(15(18)19-17)20-12-8-5-4-6-9-12/h4-9,11,13-14H,10H2,1-3H3/t13?,14-,17+/m0/s1. The summed E-state index contributed by atoms with van der Waals surface area (Å²) in [6.07, 6.45) is 5.29. The Labute approximate surface area is 126 Å². The molecule has 1 aliphatic heterocycles. The Morgan fingerprint density at radius 2 is 1.90 bits per heavy atom. The molecule has 3 heteroatoms. The van der Waals surface area contributed by atoms with Crippen molar-refractivity contribution in [1.82, 2.24) is 0 Å². The third-order valence-electron chi connectivity index (χ3n) is 4.41. The number of hydrogen-bond acceptors (Lipinski definition) is 2. The van der Waals surface area contributed by atoms with E-state index in [9.17, 15) is 4.79 Å². The zero-order valence-electron chi connectivity index (χ0n) is 12.1. The van der Waals surface area contributed by atoms with Crippen molar-refractivity contribution in [3.05, 3.63) is 42.5 Å². The van der Waals surface area contributed by atoms with Crippen LogP contribution in [0.4, 0.5) is 0 Å². The first-order valence-electron chi connectivity index (χ1n) is 7.05. The zero-order chi connectivity index (χ0) is 14.4. The molecule has 1 saturated heterocycles. The summed E-state index contributed by atoms with van der Waals surface area (Å²) in [6.45, 7) is 6.58. The second kappa shape index (κ2) is 4.75. The van der Waals surface area contributed by atoms with Crippen molar-refractivity contribution >= 4 is 25.4 Å². The number of fused-ring (bicyclic) bond motifs is 1. The van der Waals surface area contributed by atoms with Gasteiger partial charge in [-0.05, 0) is 0 Å². The number of carbonyl (C=O) groups is 1. The first-order valence-corrected chi connectivity index (χ1v) is 8.89. The quantitative estimate of drug-likeness (QED) is 0.472. The summed E-state index contributed by atoms with van der Waals surface area (Å²) in [7, 11) is 0. The van der Waals surface area contributed by atoms with Gasteiger partial charge in [0.25, 0.3) is 0 Å². The van der Waals surface area contributed by atoms with Gasteiger partial charge in [0.15, 0.2) is 0 Å². The second-order valence-electron chi connectivity index (χ2n) is 6.53. The number of ether oxygens (including phenoxy) is 1. The Morgan fingerprint density at radius 1 is 1.20 bits per heavy atom. The second-order valence-corrected chi connectivity index (χ2v) is 9.08. The van der Waals surface area contributed by atoms with E-state index in [1.54, 1.807) is 0 Å². The maximum atomic E-state index is 12.4. The van der Waals surface area contributed by atoms with E-state index in [1.165, 1.54) is 4.46 Å². The minimum absolute atomic E-state index is 0.0130. The number of rotatable bonds is 2. The number of esters is 1. The average molecular weight is 335 g/mol. The Balaban J connectivity index is 1.94. The van der Waals surface area contributed by atoms with E-state index in [0.717, 1.165) is 6.42 Å². The van der Waals surface area contributed by atoms with Crippen LogP contribution in [0.3, 0.4) is 0 Å². The summed E-state index contributed by atoms with van der Waals surface area (Å²) in [5, 5.41) is 0. The molecule has 1 heterocycles. The van der Waals surface area contributed by atoms with Gasteiger partial charge in [-0.3, -0.25) is 0 Å². The van der Waals surface area contributed by atoms with Crippen LogP contribution in [0.2, 0.25) is 4.82 Å². The molecule has 1 fully saturated rings. The van der Waals surface area contributed by atoms with E-state index in [2.05, 4.69) is 45.1 Å². The molecule has 2 nitrogen and oxygen atoms in total. The van der Waals surface area contributed by atoms with Gasteiger partial charge in [0.2, 0.25) is 0 Å². The van der Waals surface area contributed by atoms with Crippen molar-refractivity contribution in [3.8, 4) is 0 Å². The van der Waals surface area contributed by atoms with E-state index >= 15 is 0 Å². The molecular formula is C17H20O2Se. The van der Waals surface area contributed by atoms with Crippen molar-refractivity contribution < 1.29 is 9.53 Å². The molecule has 0 spiro atoms. The molecule has 0 N–H and O–H groups in total. The van der Waals surface area contributed by atoms with Crippen LogP contribution in [0.15, 0.2) is 42.5 Å². The molecule has 3 atom stereocenters. The molecular weight excluding hydrogens is 315 g/mol. The van der Waals surface area contributed by atoms with E-state index < -0.39 is 5.60 Å². The van der Waals surface area contributed by atoms with Gasteiger partial charge in [-0.2, -0.15) is 0 Å². The van der Waals surface area contributed by atoms with Gasteiger partial charge < -0.3 is 0 Å².